The van der Waals surface area contributed by atoms with Crippen LogP contribution in [-0.2, 0) is 0 Å². The van der Waals surface area contributed by atoms with Gasteiger partial charge in [-0.3, -0.25) is 4.79 Å². The SMILES string of the molecule is O=C(C=CC1=C(O)C(O)C(O)(O)C=C1O)c1ccccc1. The van der Waals surface area contributed by atoms with Crippen molar-refractivity contribution in [2.24, 2.45) is 0 Å². The summed E-state index contributed by atoms with van der Waals surface area (Å²) in [7, 11) is 0. The molecule has 0 radical (unpaired) electrons. The summed E-state index contributed by atoms with van der Waals surface area (Å²) in [6.07, 6.45) is 0.748. The van der Waals surface area contributed by atoms with Crippen LogP contribution in [0.2, 0.25) is 0 Å². The predicted octanol–water partition coefficient (Wildman–Crippen LogP) is 0.735. The fourth-order valence-corrected chi connectivity index (χ4v) is 1.87. The highest BCUT2D eigenvalue weighted by atomic mass is 16.5. The molecule has 0 saturated carbocycles. The van der Waals surface area contributed by atoms with E-state index >= 15 is 0 Å². The summed E-state index contributed by atoms with van der Waals surface area (Å²) in [5, 5.41) is 47.5. The first-order chi connectivity index (χ1) is 9.83. The highest BCUT2D eigenvalue weighted by Crippen LogP contribution is 2.28. The van der Waals surface area contributed by atoms with Crippen molar-refractivity contribution in [3.63, 3.8) is 0 Å². The fraction of sp³-hybridized carbons (Fsp3) is 0.133. The first kappa shape index (κ1) is 15.0. The molecule has 110 valence electrons. The minimum Gasteiger partial charge on any atom is -0.509 e. The maximum atomic E-state index is 11.9. The summed E-state index contributed by atoms with van der Waals surface area (Å²) < 4.78 is 0. The summed E-state index contributed by atoms with van der Waals surface area (Å²) in [5.74, 6) is -4.63. The van der Waals surface area contributed by atoms with Crippen molar-refractivity contribution in [3.8, 4) is 0 Å². The van der Waals surface area contributed by atoms with Crippen LogP contribution in [0.1, 0.15) is 10.4 Å². The van der Waals surface area contributed by atoms with Crippen molar-refractivity contribution < 1.29 is 30.3 Å². The Balaban J connectivity index is 2.27. The number of aliphatic hydroxyl groups is 5. The van der Waals surface area contributed by atoms with Crippen LogP contribution in [0.15, 0.2) is 65.7 Å². The van der Waals surface area contributed by atoms with E-state index in [2.05, 4.69) is 0 Å². The molecule has 2 rings (SSSR count). The molecule has 6 nitrogen and oxygen atoms in total. The molecule has 0 saturated heterocycles. The zero-order valence-electron chi connectivity index (χ0n) is 10.8. The Morgan fingerprint density at radius 3 is 2.38 bits per heavy atom. The van der Waals surface area contributed by atoms with Crippen molar-refractivity contribution in [2.75, 3.05) is 0 Å². The topological polar surface area (TPSA) is 118 Å². The number of carbonyl (C=O) groups excluding carboxylic acids is 1. The summed E-state index contributed by atoms with van der Waals surface area (Å²) in [6.45, 7) is 0. The number of rotatable bonds is 3. The Morgan fingerprint density at radius 2 is 1.76 bits per heavy atom. The van der Waals surface area contributed by atoms with E-state index in [9.17, 15) is 30.3 Å². The van der Waals surface area contributed by atoms with Crippen molar-refractivity contribution >= 4 is 5.78 Å². The highest BCUT2D eigenvalue weighted by molar-refractivity contribution is 6.04. The normalized spacial score (nSPS) is 21.5. The molecule has 0 aliphatic heterocycles. The lowest BCUT2D eigenvalue weighted by Crippen LogP contribution is -2.44. The van der Waals surface area contributed by atoms with Crippen LogP contribution in [0.5, 0.6) is 0 Å². The standard InChI is InChI=1S/C15H14O6/c16-11(9-4-2-1-3-5-9)7-6-10-12(17)8-15(20,21)14(19)13(10)18/h1-8,14,17-21H. The van der Waals surface area contributed by atoms with E-state index in [1.165, 1.54) is 0 Å². The molecule has 5 N–H and O–H groups in total. The quantitative estimate of drug-likeness (QED) is 0.318. The van der Waals surface area contributed by atoms with Crippen molar-refractivity contribution in [1.29, 1.82) is 0 Å². The third-order valence-corrected chi connectivity index (χ3v) is 3.02. The first-order valence-corrected chi connectivity index (χ1v) is 6.08. The number of benzene rings is 1. The van der Waals surface area contributed by atoms with E-state index in [0.29, 0.717) is 11.6 Å². The maximum absolute atomic E-state index is 11.9. The second-order valence-electron chi connectivity index (χ2n) is 4.58. The summed E-state index contributed by atoms with van der Waals surface area (Å²) >= 11 is 0. The van der Waals surface area contributed by atoms with E-state index in [1.54, 1.807) is 30.3 Å². The zero-order valence-corrected chi connectivity index (χ0v) is 10.8. The van der Waals surface area contributed by atoms with Crippen LogP contribution in [0.3, 0.4) is 0 Å². The Bertz CT molecular complexity index is 639. The first-order valence-electron chi connectivity index (χ1n) is 6.08. The van der Waals surface area contributed by atoms with Gasteiger partial charge < -0.3 is 25.5 Å². The molecule has 6 heteroatoms. The van der Waals surface area contributed by atoms with Gasteiger partial charge in [-0.1, -0.05) is 30.3 Å². The van der Waals surface area contributed by atoms with Gasteiger partial charge in [-0.05, 0) is 12.2 Å². The smallest absolute Gasteiger partial charge is 0.221 e. The van der Waals surface area contributed by atoms with Crippen LogP contribution >= 0.6 is 0 Å². The second kappa shape index (κ2) is 5.53. The molecule has 1 aromatic rings. The molecule has 1 aromatic carbocycles. The van der Waals surface area contributed by atoms with Crippen LogP contribution in [0, 0.1) is 0 Å². The summed E-state index contributed by atoms with van der Waals surface area (Å²) in [6, 6.07) is 8.32. The van der Waals surface area contributed by atoms with Crippen molar-refractivity contribution in [1.82, 2.24) is 0 Å². The number of allylic oxidation sites excluding steroid dienone is 2. The third kappa shape index (κ3) is 3.03. The van der Waals surface area contributed by atoms with Crippen molar-refractivity contribution in [2.45, 2.75) is 11.9 Å². The lowest BCUT2D eigenvalue weighted by Gasteiger charge is -2.28. The van der Waals surface area contributed by atoms with E-state index in [1.807, 2.05) is 0 Å². The fourth-order valence-electron chi connectivity index (χ4n) is 1.87. The average Bonchev–Trinajstić information content (AvgIpc) is 2.45. The number of carbonyl (C=O) groups is 1. The van der Waals surface area contributed by atoms with E-state index < -0.39 is 23.4 Å². The van der Waals surface area contributed by atoms with E-state index in [0.717, 1.165) is 12.2 Å². The molecular formula is C15H14O6. The van der Waals surface area contributed by atoms with Crippen LogP contribution < -0.4 is 0 Å². The molecule has 0 amide bonds. The van der Waals surface area contributed by atoms with Gasteiger partial charge in [0.25, 0.3) is 0 Å². The number of hydrogen-bond donors (Lipinski definition) is 5. The monoisotopic (exact) mass is 290 g/mol. The lowest BCUT2D eigenvalue weighted by atomic mass is 9.95. The Hall–Kier alpha value is -2.41. The summed E-state index contributed by atoms with van der Waals surface area (Å²) in [5.41, 5.74) is 0.151. The number of aliphatic hydroxyl groups excluding tert-OH is 3. The van der Waals surface area contributed by atoms with Gasteiger partial charge in [-0.15, -0.1) is 0 Å². The minimum absolute atomic E-state index is 0.259. The largest absolute Gasteiger partial charge is 0.509 e. The Morgan fingerprint density at radius 1 is 1.14 bits per heavy atom. The number of ketones is 1. The van der Waals surface area contributed by atoms with Gasteiger partial charge in [0.15, 0.2) is 11.9 Å². The van der Waals surface area contributed by atoms with Gasteiger partial charge in [0.05, 0.1) is 5.57 Å². The molecule has 0 fully saturated rings. The Labute approximate surface area is 120 Å². The third-order valence-electron chi connectivity index (χ3n) is 3.02. The van der Waals surface area contributed by atoms with Crippen LogP contribution in [-0.4, -0.2) is 43.2 Å². The van der Waals surface area contributed by atoms with Gasteiger partial charge in [-0.2, -0.15) is 0 Å². The molecule has 21 heavy (non-hydrogen) atoms. The minimum atomic E-state index is -2.77. The molecule has 0 aromatic heterocycles. The second-order valence-corrected chi connectivity index (χ2v) is 4.58. The molecule has 1 aliphatic rings. The maximum Gasteiger partial charge on any atom is 0.221 e. The van der Waals surface area contributed by atoms with Gasteiger partial charge in [0, 0.05) is 11.6 Å². The predicted molar refractivity (Wildman–Crippen MR) is 73.5 cm³/mol. The molecule has 0 spiro atoms. The summed E-state index contributed by atoms with van der Waals surface area (Å²) in [4.78, 5) is 11.9. The molecule has 1 atom stereocenters. The zero-order chi connectivity index (χ0) is 15.6. The van der Waals surface area contributed by atoms with E-state index in [4.69, 9.17) is 0 Å². The van der Waals surface area contributed by atoms with E-state index in [-0.39, 0.29) is 11.4 Å². The molecular weight excluding hydrogens is 276 g/mol. The van der Waals surface area contributed by atoms with Gasteiger partial charge >= 0.3 is 0 Å². The molecule has 1 unspecified atom stereocenters. The number of hydrogen-bond acceptors (Lipinski definition) is 6. The molecule has 0 bridgehead atoms. The van der Waals surface area contributed by atoms with Crippen LogP contribution in [0.4, 0.5) is 0 Å². The average molecular weight is 290 g/mol. The van der Waals surface area contributed by atoms with Gasteiger partial charge in [-0.25, -0.2) is 0 Å². The highest BCUT2D eigenvalue weighted by Gasteiger charge is 2.40. The van der Waals surface area contributed by atoms with Gasteiger partial charge in [0.1, 0.15) is 11.5 Å². The van der Waals surface area contributed by atoms with Crippen molar-refractivity contribution in [3.05, 3.63) is 71.2 Å². The van der Waals surface area contributed by atoms with Gasteiger partial charge in [0.2, 0.25) is 5.79 Å². The molecule has 0 heterocycles. The Kier molecular flexibility index (Phi) is 3.95. The molecule has 1 aliphatic carbocycles. The lowest BCUT2D eigenvalue weighted by molar-refractivity contribution is -0.187. The van der Waals surface area contributed by atoms with Crippen LogP contribution in [0.25, 0.3) is 0 Å².